The topological polar surface area (TPSA) is 86.0 Å². The van der Waals surface area contributed by atoms with Gasteiger partial charge in [0.25, 0.3) is 0 Å². The number of halogens is 6. The van der Waals surface area contributed by atoms with Gasteiger partial charge in [-0.15, -0.1) is 5.10 Å². The van der Waals surface area contributed by atoms with Crippen LogP contribution in [0.25, 0.3) is 0 Å². The molecule has 2 heterocycles. The quantitative estimate of drug-likeness (QED) is 0.194. The highest BCUT2D eigenvalue weighted by atomic mass is 19.3. The molecule has 0 fully saturated rings. The largest absolute Gasteiger partial charge is 0.489 e. The molecule has 0 saturated carbocycles. The highest BCUT2D eigenvalue weighted by Gasteiger charge is 2.58. The number of rotatable bonds is 8. The Bertz CT molecular complexity index is 1790. The van der Waals surface area contributed by atoms with Crippen molar-refractivity contribution < 1.29 is 36.2 Å². The smallest absolute Gasteiger partial charge is 0.323 e. The summed E-state index contributed by atoms with van der Waals surface area (Å²) in [7, 11) is 0. The van der Waals surface area contributed by atoms with Crippen molar-refractivity contribution in [1.29, 1.82) is 0 Å². The summed E-state index contributed by atoms with van der Waals surface area (Å²) in [5, 5.41) is 21.4. The molecule has 0 aliphatic heterocycles. The van der Waals surface area contributed by atoms with Crippen LogP contribution in [0.15, 0.2) is 85.3 Å². The van der Waals surface area contributed by atoms with Crippen LogP contribution in [-0.2, 0) is 24.7 Å². The Hall–Kier alpha value is -5.22. The van der Waals surface area contributed by atoms with Gasteiger partial charge in [-0.2, -0.15) is 8.78 Å². The molecule has 13 heteroatoms. The van der Waals surface area contributed by atoms with E-state index in [9.17, 15) is 22.7 Å². The molecule has 0 saturated heterocycles. The standard InChI is InChI=1S/C30H19F6N5O2/c31-22-7-10-24(26(33)14-22)29(42,17-41-18-38-39-40-41)30(35,36)28-12-6-20(15-37-28)2-1-19-3-8-23(9-4-19)43-16-21-5-11-25(32)27(34)13-21/h3-15,18,42H,16-17H2. The first kappa shape index (κ1) is 29.3. The van der Waals surface area contributed by atoms with Gasteiger partial charge in [0, 0.05) is 29.0 Å². The maximum Gasteiger partial charge on any atom is 0.323 e. The number of ether oxygens (including phenoxy) is 1. The predicted molar refractivity (Wildman–Crippen MR) is 139 cm³/mol. The fourth-order valence-electron chi connectivity index (χ4n) is 4.11. The molecule has 0 radical (unpaired) electrons. The molecule has 1 N–H and O–H groups in total. The number of pyridine rings is 1. The van der Waals surface area contributed by atoms with E-state index < -0.39 is 52.6 Å². The van der Waals surface area contributed by atoms with E-state index in [0.717, 1.165) is 47.5 Å². The van der Waals surface area contributed by atoms with E-state index in [0.29, 0.717) is 22.9 Å². The molecule has 7 nitrogen and oxygen atoms in total. The molecular weight excluding hydrogens is 576 g/mol. The van der Waals surface area contributed by atoms with Gasteiger partial charge >= 0.3 is 5.92 Å². The van der Waals surface area contributed by atoms with Crippen molar-refractivity contribution in [2.24, 2.45) is 0 Å². The Labute approximate surface area is 240 Å². The molecule has 5 rings (SSSR count). The van der Waals surface area contributed by atoms with E-state index in [-0.39, 0.29) is 12.2 Å². The monoisotopic (exact) mass is 595 g/mol. The molecule has 0 aliphatic rings. The summed E-state index contributed by atoms with van der Waals surface area (Å²) >= 11 is 0. The zero-order valence-electron chi connectivity index (χ0n) is 21.9. The van der Waals surface area contributed by atoms with Gasteiger partial charge in [-0.1, -0.05) is 17.9 Å². The van der Waals surface area contributed by atoms with Crippen LogP contribution in [0, 0.1) is 35.1 Å². The molecule has 0 aliphatic carbocycles. The molecule has 2 aromatic heterocycles. The Morgan fingerprint density at radius 2 is 1.56 bits per heavy atom. The van der Waals surface area contributed by atoms with E-state index in [4.69, 9.17) is 4.74 Å². The molecule has 3 aromatic carbocycles. The minimum absolute atomic E-state index is 0.0174. The molecule has 1 atom stereocenters. The summed E-state index contributed by atoms with van der Waals surface area (Å²) in [6, 6.07) is 14.0. The summed E-state index contributed by atoms with van der Waals surface area (Å²) < 4.78 is 92.6. The van der Waals surface area contributed by atoms with Crippen LogP contribution < -0.4 is 4.74 Å². The van der Waals surface area contributed by atoms with Gasteiger partial charge in [0.05, 0.1) is 6.54 Å². The lowest BCUT2D eigenvalue weighted by molar-refractivity contribution is -0.207. The van der Waals surface area contributed by atoms with Crippen molar-refractivity contribution in [3.8, 4) is 17.6 Å². The van der Waals surface area contributed by atoms with E-state index >= 15 is 8.78 Å². The lowest BCUT2D eigenvalue weighted by Gasteiger charge is -2.35. The van der Waals surface area contributed by atoms with Crippen LogP contribution in [0.5, 0.6) is 5.75 Å². The molecule has 218 valence electrons. The zero-order chi connectivity index (χ0) is 30.6. The lowest BCUT2D eigenvalue weighted by atomic mass is 9.84. The van der Waals surface area contributed by atoms with E-state index in [1.807, 2.05) is 0 Å². The fourth-order valence-corrected chi connectivity index (χ4v) is 4.11. The minimum Gasteiger partial charge on any atom is -0.489 e. The number of benzene rings is 3. The Kier molecular flexibility index (Phi) is 8.13. The third kappa shape index (κ3) is 6.34. The Balaban J connectivity index is 1.32. The molecule has 0 amide bonds. The van der Waals surface area contributed by atoms with Crippen LogP contribution in [-0.4, -0.2) is 30.3 Å². The maximum absolute atomic E-state index is 15.9. The Morgan fingerprint density at radius 3 is 2.21 bits per heavy atom. The SMILES string of the molecule is OC(Cn1cnnn1)(c1ccc(F)cc1F)C(F)(F)c1ccc(C#Cc2ccc(OCc3ccc(F)c(F)c3)cc2)cn1. The van der Waals surface area contributed by atoms with Crippen molar-refractivity contribution in [2.75, 3.05) is 0 Å². The first-order valence-corrected chi connectivity index (χ1v) is 12.5. The van der Waals surface area contributed by atoms with Crippen molar-refractivity contribution in [1.82, 2.24) is 25.2 Å². The molecule has 5 aromatic rings. The average Bonchev–Trinajstić information content (AvgIpc) is 3.50. The van der Waals surface area contributed by atoms with Crippen LogP contribution in [0.3, 0.4) is 0 Å². The van der Waals surface area contributed by atoms with Gasteiger partial charge in [0.2, 0.25) is 0 Å². The van der Waals surface area contributed by atoms with Crippen molar-refractivity contribution in [3.05, 3.63) is 137 Å². The van der Waals surface area contributed by atoms with Crippen LogP contribution in [0.1, 0.15) is 27.9 Å². The lowest BCUT2D eigenvalue weighted by Crippen LogP contribution is -2.48. The highest BCUT2D eigenvalue weighted by Crippen LogP contribution is 2.46. The molecule has 0 spiro atoms. The average molecular weight is 596 g/mol. The number of tetrazole rings is 1. The third-order valence-corrected chi connectivity index (χ3v) is 6.36. The van der Waals surface area contributed by atoms with Crippen LogP contribution in [0.2, 0.25) is 0 Å². The number of nitrogens with zero attached hydrogens (tertiary/aromatic N) is 5. The first-order valence-electron chi connectivity index (χ1n) is 12.5. The van der Waals surface area contributed by atoms with Gasteiger partial charge < -0.3 is 9.84 Å². The molecule has 0 bridgehead atoms. The van der Waals surface area contributed by atoms with E-state index in [2.05, 4.69) is 32.4 Å². The van der Waals surface area contributed by atoms with Crippen LogP contribution in [0.4, 0.5) is 26.3 Å². The van der Waals surface area contributed by atoms with Gasteiger partial charge in [0.1, 0.15) is 36.0 Å². The third-order valence-electron chi connectivity index (χ3n) is 6.36. The van der Waals surface area contributed by atoms with Crippen molar-refractivity contribution in [3.63, 3.8) is 0 Å². The summed E-state index contributed by atoms with van der Waals surface area (Å²) in [4.78, 5) is 3.77. The normalized spacial score (nSPS) is 12.7. The number of aromatic nitrogens is 5. The molecule has 43 heavy (non-hydrogen) atoms. The van der Waals surface area contributed by atoms with Crippen molar-refractivity contribution >= 4 is 0 Å². The van der Waals surface area contributed by atoms with Crippen molar-refractivity contribution in [2.45, 2.75) is 24.7 Å². The van der Waals surface area contributed by atoms with Gasteiger partial charge in [-0.05, 0) is 76.7 Å². The van der Waals surface area contributed by atoms with Gasteiger partial charge in [0.15, 0.2) is 17.2 Å². The second-order valence-electron chi connectivity index (χ2n) is 9.31. The summed E-state index contributed by atoms with van der Waals surface area (Å²) in [6.45, 7) is -0.956. The highest BCUT2D eigenvalue weighted by molar-refractivity contribution is 5.44. The summed E-state index contributed by atoms with van der Waals surface area (Å²) in [5.41, 5.74) is -3.78. The second kappa shape index (κ2) is 11.9. The fraction of sp³-hybridized carbons (Fsp3) is 0.133. The molecular formula is C30H19F6N5O2. The predicted octanol–water partition coefficient (Wildman–Crippen LogP) is 5.28. The number of aliphatic hydroxyl groups is 1. The number of hydrogen-bond donors (Lipinski definition) is 1. The zero-order valence-corrected chi connectivity index (χ0v) is 21.9. The van der Waals surface area contributed by atoms with E-state index in [1.165, 1.54) is 12.1 Å². The Morgan fingerprint density at radius 1 is 0.814 bits per heavy atom. The van der Waals surface area contributed by atoms with Crippen LogP contribution >= 0.6 is 0 Å². The van der Waals surface area contributed by atoms with Gasteiger partial charge in [-0.25, -0.2) is 22.2 Å². The number of hydrogen-bond acceptors (Lipinski definition) is 6. The minimum atomic E-state index is -4.20. The first-order chi connectivity index (χ1) is 20.5. The number of alkyl halides is 2. The molecule has 1 unspecified atom stereocenters. The maximum atomic E-state index is 15.9. The summed E-state index contributed by atoms with van der Waals surface area (Å²) in [6.07, 6.45) is 2.02. The van der Waals surface area contributed by atoms with E-state index in [1.54, 1.807) is 24.3 Å². The second-order valence-corrected chi connectivity index (χ2v) is 9.31. The summed E-state index contributed by atoms with van der Waals surface area (Å²) in [5.74, 6) is -2.44. The van der Waals surface area contributed by atoms with Gasteiger partial charge in [-0.3, -0.25) is 4.98 Å².